The van der Waals surface area contributed by atoms with Gasteiger partial charge in [0.25, 0.3) is 5.91 Å². The van der Waals surface area contributed by atoms with Gasteiger partial charge in [0.2, 0.25) is 5.91 Å². The van der Waals surface area contributed by atoms with Gasteiger partial charge in [-0.25, -0.2) is 13.9 Å². The van der Waals surface area contributed by atoms with E-state index in [9.17, 15) is 18.8 Å². The molecule has 3 N–H and O–H groups in total. The number of rotatable bonds is 9. The Hall–Kier alpha value is -3.50. The monoisotopic (exact) mass is 390 g/mol. The molecule has 1 aromatic heterocycles. The molecule has 3 rings (SSSR count). The lowest BCUT2D eigenvalue weighted by molar-refractivity contribution is -0.127. The number of halogens is 1. The molecule has 1 aliphatic rings. The van der Waals surface area contributed by atoms with E-state index < -0.39 is 18.0 Å². The van der Waals surface area contributed by atoms with Crippen molar-refractivity contribution >= 4 is 17.8 Å². The zero-order chi connectivity index (χ0) is 20.1. The maximum atomic E-state index is 12.8. The molecule has 1 atom stereocenters. The summed E-state index contributed by atoms with van der Waals surface area (Å²) in [4.78, 5) is 36.5. The summed E-state index contributed by atoms with van der Waals surface area (Å²) in [6.07, 6.45) is 2.09. The third-order valence-electron chi connectivity index (χ3n) is 4.03. The maximum Gasteiger partial charge on any atom is 0.324 e. The van der Waals surface area contributed by atoms with Gasteiger partial charge in [-0.2, -0.15) is 0 Å². The van der Waals surface area contributed by atoms with Gasteiger partial charge in [-0.3, -0.25) is 14.5 Å². The first-order chi connectivity index (χ1) is 13.4. The smallest absolute Gasteiger partial charge is 0.324 e. The summed E-state index contributed by atoms with van der Waals surface area (Å²) < 4.78 is 19.6. The van der Waals surface area contributed by atoms with Crippen molar-refractivity contribution in [1.29, 1.82) is 0 Å². The maximum absolute atomic E-state index is 12.8. The van der Waals surface area contributed by atoms with Crippen LogP contribution in [0.1, 0.15) is 12.1 Å². The minimum absolute atomic E-state index is 0.113. The largest absolute Gasteiger partial charge is 0.494 e. The van der Waals surface area contributed by atoms with Crippen LogP contribution in [0.3, 0.4) is 0 Å². The topological polar surface area (TPSA) is 132 Å². The molecule has 1 aromatic carbocycles. The molecule has 0 aliphatic carbocycles. The van der Waals surface area contributed by atoms with Gasteiger partial charge in [0, 0.05) is 19.2 Å². The molecule has 1 fully saturated rings. The van der Waals surface area contributed by atoms with Crippen molar-refractivity contribution in [1.82, 2.24) is 25.2 Å². The lowest BCUT2D eigenvalue weighted by Gasteiger charge is -2.13. The van der Waals surface area contributed by atoms with Crippen LogP contribution in [0.2, 0.25) is 0 Å². The average molecular weight is 390 g/mol. The number of urea groups is 1. The van der Waals surface area contributed by atoms with E-state index in [1.165, 1.54) is 35.1 Å². The predicted octanol–water partition coefficient (Wildman–Crippen LogP) is -0.166. The zero-order valence-electron chi connectivity index (χ0n) is 14.9. The fourth-order valence-electron chi connectivity index (χ4n) is 2.75. The average Bonchev–Trinajstić information content (AvgIpc) is 3.18. The van der Waals surface area contributed by atoms with Crippen molar-refractivity contribution in [2.24, 2.45) is 5.73 Å². The minimum Gasteiger partial charge on any atom is -0.494 e. The predicted molar refractivity (Wildman–Crippen MR) is 93.5 cm³/mol. The Morgan fingerprint density at radius 2 is 2.04 bits per heavy atom. The zero-order valence-corrected chi connectivity index (χ0v) is 14.9. The highest BCUT2D eigenvalue weighted by molar-refractivity contribution is 6.04. The number of nitrogens with one attached hydrogen (secondary N) is 1. The number of ether oxygens (including phenoxy) is 1. The van der Waals surface area contributed by atoms with E-state index in [2.05, 4.69) is 15.6 Å². The van der Waals surface area contributed by atoms with Crippen LogP contribution in [0.4, 0.5) is 9.18 Å². The van der Waals surface area contributed by atoms with E-state index in [-0.39, 0.29) is 37.8 Å². The number of carbonyl (C=O) groups excluding carboxylic acids is 3. The van der Waals surface area contributed by atoms with E-state index in [1.807, 2.05) is 0 Å². The Balaban J connectivity index is 1.47. The van der Waals surface area contributed by atoms with Gasteiger partial charge >= 0.3 is 6.03 Å². The summed E-state index contributed by atoms with van der Waals surface area (Å²) in [6, 6.07) is 4.36. The van der Waals surface area contributed by atoms with Crippen molar-refractivity contribution in [3.05, 3.63) is 42.0 Å². The number of nitrogens with zero attached hydrogens (tertiary/aromatic N) is 4. The standard InChI is InChI=1S/C17H19FN6O4/c18-11-2-4-13(5-3-11)28-7-1-6-24-16(26)14(20-17(24)27)8-12-9-23(22-21-12)10-15(19)25/h2-5,9,14H,1,6-8,10H2,(H2,19,25)(H,20,27)/t14-/m0/s1. The molecule has 0 spiro atoms. The molecule has 0 unspecified atom stereocenters. The number of amides is 4. The van der Waals surface area contributed by atoms with E-state index in [0.29, 0.717) is 17.9 Å². The first-order valence-corrected chi connectivity index (χ1v) is 8.60. The van der Waals surface area contributed by atoms with Crippen LogP contribution in [0.5, 0.6) is 5.75 Å². The fourth-order valence-corrected chi connectivity index (χ4v) is 2.75. The first-order valence-electron chi connectivity index (χ1n) is 8.60. The number of carbonyl (C=O) groups is 3. The second kappa shape index (κ2) is 8.46. The third kappa shape index (κ3) is 4.81. The second-order valence-electron chi connectivity index (χ2n) is 6.23. The molecule has 10 nitrogen and oxygen atoms in total. The molecule has 0 saturated carbocycles. The summed E-state index contributed by atoms with van der Waals surface area (Å²) in [5.74, 6) is -0.769. The lowest BCUT2D eigenvalue weighted by Crippen LogP contribution is -2.33. The number of aromatic nitrogens is 3. The SMILES string of the molecule is NC(=O)Cn1cc(C[C@@H]2NC(=O)N(CCCOc3ccc(F)cc3)C2=O)nn1. The molecule has 11 heteroatoms. The summed E-state index contributed by atoms with van der Waals surface area (Å²) in [7, 11) is 0. The summed E-state index contributed by atoms with van der Waals surface area (Å²) in [6.45, 7) is 0.351. The van der Waals surface area contributed by atoms with Crippen LogP contribution in [0, 0.1) is 5.82 Å². The van der Waals surface area contributed by atoms with E-state index in [0.717, 1.165) is 4.90 Å². The molecule has 28 heavy (non-hydrogen) atoms. The number of nitrogens with two attached hydrogens (primary N) is 1. The minimum atomic E-state index is -0.746. The van der Waals surface area contributed by atoms with Crippen LogP contribution < -0.4 is 15.8 Å². The van der Waals surface area contributed by atoms with Crippen molar-refractivity contribution < 1.29 is 23.5 Å². The van der Waals surface area contributed by atoms with Gasteiger partial charge in [-0.1, -0.05) is 5.21 Å². The van der Waals surface area contributed by atoms with Crippen molar-refractivity contribution in [3.63, 3.8) is 0 Å². The highest BCUT2D eigenvalue weighted by atomic mass is 19.1. The van der Waals surface area contributed by atoms with E-state index in [1.54, 1.807) is 0 Å². The highest BCUT2D eigenvalue weighted by Crippen LogP contribution is 2.13. The number of hydrogen-bond donors (Lipinski definition) is 2. The molecular formula is C17H19FN6O4. The Labute approximate surface area is 159 Å². The van der Waals surface area contributed by atoms with E-state index >= 15 is 0 Å². The quantitative estimate of drug-likeness (QED) is 0.451. The number of imide groups is 1. The van der Waals surface area contributed by atoms with Gasteiger partial charge in [-0.05, 0) is 30.7 Å². The van der Waals surface area contributed by atoms with Crippen LogP contribution >= 0.6 is 0 Å². The highest BCUT2D eigenvalue weighted by Gasteiger charge is 2.37. The number of primary amides is 1. The normalized spacial score (nSPS) is 16.3. The van der Waals surface area contributed by atoms with Crippen molar-refractivity contribution in [2.45, 2.75) is 25.4 Å². The van der Waals surface area contributed by atoms with Gasteiger partial charge in [0.05, 0.1) is 12.3 Å². The van der Waals surface area contributed by atoms with Crippen molar-refractivity contribution in [2.75, 3.05) is 13.2 Å². The summed E-state index contributed by atoms with van der Waals surface area (Å²) in [5, 5.41) is 10.2. The van der Waals surface area contributed by atoms with Crippen LogP contribution in [-0.4, -0.2) is 56.9 Å². The fraction of sp³-hybridized carbons (Fsp3) is 0.353. The van der Waals surface area contributed by atoms with Crippen LogP contribution in [-0.2, 0) is 22.6 Å². The van der Waals surface area contributed by atoms with Crippen LogP contribution in [0.15, 0.2) is 30.5 Å². The molecule has 0 bridgehead atoms. The molecule has 2 aromatic rings. The Bertz CT molecular complexity index is 869. The Morgan fingerprint density at radius 3 is 2.75 bits per heavy atom. The number of hydrogen-bond acceptors (Lipinski definition) is 6. The molecule has 0 radical (unpaired) electrons. The first kappa shape index (κ1) is 19.3. The molecule has 1 aliphatic heterocycles. The Kier molecular flexibility index (Phi) is 5.82. The van der Waals surface area contributed by atoms with Gasteiger partial charge in [-0.15, -0.1) is 5.10 Å². The molecule has 148 valence electrons. The molecule has 4 amide bonds. The summed E-state index contributed by atoms with van der Waals surface area (Å²) in [5.41, 5.74) is 5.54. The number of benzene rings is 1. The molecule has 2 heterocycles. The Morgan fingerprint density at radius 1 is 1.29 bits per heavy atom. The van der Waals surface area contributed by atoms with E-state index in [4.69, 9.17) is 10.5 Å². The van der Waals surface area contributed by atoms with Gasteiger partial charge in [0.1, 0.15) is 24.2 Å². The third-order valence-corrected chi connectivity index (χ3v) is 4.03. The molecular weight excluding hydrogens is 371 g/mol. The lowest BCUT2D eigenvalue weighted by atomic mass is 10.1. The molecule has 1 saturated heterocycles. The second-order valence-corrected chi connectivity index (χ2v) is 6.23. The van der Waals surface area contributed by atoms with Crippen LogP contribution in [0.25, 0.3) is 0 Å². The van der Waals surface area contributed by atoms with Gasteiger partial charge in [0.15, 0.2) is 0 Å². The van der Waals surface area contributed by atoms with Crippen molar-refractivity contribution in [3.8, 4) is 5.75 Å². The summed E-state index contributed by atoms with van der Waals surface area (Å²) >= 11 is 0. The van der Waals surface area contributed by atoms with Gasteiger partial charge < -0.3 is 15.8 Å².